The SMILES string of the molecule is CC1CC(C=O)OC1n1cnc2c(Cl)ncnc21. The van der Waals surface area contributed by atoms with Gasteiger partial charge in [0.05, 0.1) is 6.33 Å². The molecule has 18 heavy (non-hydrogen) atoms. The summed E-state index contributed by atoms with van der Waals surface area (Å²) in [5, 5.41) is 0.316. The van der Waals surface area contributed by atoms with Crippen LogP contribution in [0.1, 0.15) is 19.6 Å². The van der Waals surface area contributed by atoms with Gasteiger partial charge >= 0.3 is 0 Å². The maximum atomic E-state index is 10.8. The summed E-state index contributed by atoms with van der Waals surface area (Å²) in [5.41, 5.74) is 1.17. The van der Waals surface area contributed by atoms with Crippen LogP contribution in [0.3, 0.4) is 0 Å². The molecule has 0 amide bonds. The first-order valence-electron chi connectivity index (χ1n) is 5.64. The van der Waals surface area contributed by atoms with E-state index in [0.29, 0.717) is 22.7 Å². The fraction of sp³-hybridized carbons (Fsp3) is 0.455. The van der Waals surface area contributed by atoms with Gasteiger partial charge in [-0.25, -0.2) is 15.0 Å². The van der Waals surface area contributed by atoms with Crippen LogP contribution in [0, 0.1) is 5.92 Å². The standard InChI is InChI=1S/C11H11ClN4O2/c1-6-2-7(3-17)18-11(6)16-5-15-8-9(12)13-4-14-10(8)16/h3-7,11H,2H2,1H3. The van der Waals surface area contributed by atoms with Crippen LogP contribution in [0.15, 0.2) is 12.7 Å². The van der Waals surface area contributed by atoms with Gasteiger partial charge in [-0.3, -0.25) is 4.57 Å². The molecular formula is C11H11ClN4O2. The van der Waals surface area contributed by atoms with Crippen molar-refractivity contribution >= 4 is 29.1 Å². The monoisotopic (exact) mass is 266 g/mol. The average molecular weight is 267 g/mol. The molecule has 3 atom stereocenters. The Morgan fingerprint density at radius 2 is 2.33 bits per heavy atom. The van der Waals surface area contributed by atoms with Gasteiger partial charge in [0, 0.05) is 5.92 Å². The van der Waals surface area contributed by atoms with Gasteiger partial charge in [0.1, 0.15) is 30.5 Å². The van der Waals surface area contributed by atoms with Crippen LogP contribution in [0.4, 0.5) is 0 Å². The number of hydrogen-bond donors (Lipinski definition) is 0. The normalized spacial score (nSPS) is 27.8. The molecule has 94 valence electrons. The van der Waals surface area contributed by atoms with Crippen molar-refractivity contribution in [2.24, 2.45) is 5.92 Å². The molecular weight excluding hydrogens is 256 g/mol. The van der Waals surface area contributed by atoms with Crippen molar-refractivity contribution in [1.29, 1.82) is 0 Å². The lowest BCUT2D eigenvalue weighted by molar-refractivity contribution is -0.119. The number of carbonyl (C=O) groups excluding carboxylic acids is 1. The van der Waals surface area contributed by atoms with Gasteiger partial charge in [0.15, 0.2) is 10.8 Å². The molecule has 0 N–H and O–H groups in total. The van der Waals surface area contributed by atoms with Crippen molar-refractivity contribution in [2.75, 3.05) is 0 Å². The van der Waals surface area contributed by atoms with Gasteiger partial charge in [-0.15, -0.1) is 0 Å². The van der Waals surface area contributed by atoms with Gasteiger partial charge in [-0.05, 0) is 6.42 Å². The number of hydrogen-bond acceptors (Lipinski definition) is 5. The zero-order valence-corrected chi connectivity index (χ0v) is 10.4. The molecule has 6 nitrogen and oxygen atoms in total. The third-order valence-electron chi connectivity index (χ3n) is 3.15. The van der Waals surface area contributed by atoms with Gasteiger partial charge in [0.2, 0.25) is 0 Å². The van der Waals surface area contributed by atoms with Crippen molar-refractivity contribution < 1.29 is 9.53 Å². The minimum atomic E-state index is -0.361. The Labute approximate surface area is 108 Å². The molecule has 3 heterocycles. The number of imidazole rings is 1. The van der Waals surface area contributed by atoms with Crippen LogP contribution in [0.25, 0.3) is 11.2 Å². The lowest BCUT2D eigenvalue weighted by Gasteiger charge is -2.16. The van der Waals surface area contributed by atoms with E-state index in [0.717, 1.165) is 6.29 Å². The predicted octanol–water partition coefficient (Wildman–Crippen LogP) is 1.60. The van der Waals surface area contributed by atoms with Crippen LogP contribution in [0.2, 0.25) is 5.15 Å². The topological polar surface area (TPSA) is 69.9 Å². The van der Waals surface area contributed by atoms with Crippen molar-refractivity contribution in [1.82, 2.24) is 19.5 Å². The third kappa shape index (κ3) is 1.69. The lowest BCUT2D eigenvalue weighted by atomic mass is 10.1. The summed E-state index contributed by atoms with van der Waals surface area (Å²) < 4.78 is 7.47. The lowest BCUT2D eigenvalue weighted by Crippen LogP contribution is -2.14. The molecule has 0 saturated carbocycles. The Bertz CT molecular complexity index is 600. The highest BCUT2D eigenvalue weighted by atomic mass is 35.5. The summed E-state index contributed by atoms with van der Waals surface area (Å²) in [5.74, 6) is 0.214. The summed E-state index contributed by atoms with van der Waals surface area (Å²) in [6.07, 6.45) is 3.94. The van der Waals surface area contributed by atoms with Crippen LogP contribution < -0.4 is 0 Å². The summed E-state index contributed by atoms with van der Waals surface area (Å²) in [4.78, 5) is 23.0. The van der Waals surface area contributed by atoms with E-state index in [-0.39, 0.29) is 18.2 Å². The number of fused-ring (bicyclic) bond motifs is 1. The first-order valence-corrected chi connectivity index (χ1v) is 6.02. The molecule has 0 aliphatic carbocycles. The third-order valence-corrected chi connectivity index (χ3v) is 3.42. The Kier molecular flexibility index (Phi) is 2.76. The highest BCUT2D eigenvalue weighted by Crippen LogP contribution is 2.35. The average Bonchev–Trinajstić information content (AvgIpc) is 2.93. The van der Waals surface area contributed by atoms with E-state index in [1.165, 1.54) is 6.33 Å². The quantitative estimate of drug-likeness (QED) is 0.610. The molecule has 0 aromatic carbocycles. The Balaban J connectivity index is 2.05. The second-order valence-corrected chi connectivity index (χ2v) is 4.76. The predicted molar refractivity (Wildman–Crippen MR) is 64.1 cm³/mol. The second-order valence-electron chi connectivity index (χ2n) is 4.40. The molecule has 0 radical (unpaired) electrons. The first kappa shape index (κ1) is 11.6. The molecule has 1 fully saturated rings. The highest BCUT2D eigenvalue weighted by molar-refractivity contribution is 6.33. The van der Waals surface area contributed by atoms with Crippen LogP contribution in [-0.2, 0) is 9.53 Å². The van der Waals surface area contributed by atoms with Crippen molar-refractivity contribution in [3.63, 3.8) is 0 Å². The number of ether oxygens (including phenoxy) is 1. The number of nitrogens with zero attached hydrogens (tertiary/aromatic N) is 4. The minimum Gasteiger partial charge on any atom is -0.347 e. The molecule has 2 aromatic heterocycles. The van der Waals surface area contributed by atoms with E-state index in [4.69, 9.17) is 16.3 Å². The Morgan fingerprint density at radius 1 is 1.50 bits per heavy atom. The number of halogens is 1. The maximum Gasteiger partial charge on any atom is 0.166 e. The summed E-state index contributed by atoms with van der Waals surface area (Å²) in [6.45, 7) is 2.03. The van der Waals surface area contributed by atoms with E-state index in [9.17, 15) is 4.79 Å². The van der Waals surface area contributed by atoms with E-state index in [1.54, 1.807) is 10.9 Å². The molecule has 3 unspecified atom stereocenters. The number of carbonyl (C=O) groups is 1. The van der Waals surface area contributed by atoms with Gasteiger partial charge in [0.25, 0.3) is 0 Å². The van der Waals surface area contributed by atoms with E-state index >= 15 is 0 Å². The molecule has 2 aromatic rings. The number of aldehydes is 1. The molecule has 3 rings (SSSR count). The molecule has 0 spiro atoms. The van der Waals surface area contributed by atoms with E-state index < -0.39 is 0 Å². The number of rotatable bonds is 2. The Hall–Kier alpha value is -1.53. The summed E-state index contributed by atoms with van der Waals surface area (Å²) >= 11 is 5.95. The van der Waals surface area contributed by atoms with Crippen molar-refractivity contribution in [3.05, 3.63) is 17.8 Å². The zero-order chi connectivity index (χ0) is 12.7. The first-order chi connectivity index (χ1) is 8.70. The Morgan fingerprint density at radius 3 is 3.06 bits per heavy atom. The molecule has 1 saturated heterocycles. The zero-order valence-electron chi connectivity index (χ0n) is 9.65. The van der Waals surface area contributed by atoms with Gasteiger partial charge in [-0.2, -0.15) is 0 Å². The van der Waals surface area contributed by atoms with Crippen LogP contribution >= 0.6 is 11.6 Å². The van der Waals surface area contributed by atoms with Gasteiger partial charge in [-0.1, -0.05) is 18.5 Å². The van der Waals surface area contributed by atoms with E-state index in [1.807, 2.05) is 6.92 Å². The summed E-state index contributed by atoms with van der Waals surface area (Å²) in [7, 11) is 0. The minimum absolute atomic E-state index is 0.214. The fourth-order valence-corrected chi connectivity index (χ4v) is 2.47. The summed E-state index contributed by atoms with van der Waals surface area (Å²) in [6, 6.07) is 0. The van der Waals surface area contributed by atoms with Crippen molar-refractivity contribution in [3.8, 4) is 0 Å². The largest absolute Gasteiger partial charge is 0.347 e. The highest BCUT2D eigenvalue weighted by Gasteiger charge is 2.34. The van der Waals surface area contributed by atoms with Crippen LogP contribution in [0.5, 0.6) is 0 Å². The second kappa shape index (κ2) is 4.29. The van der Waals surface area contributed by atoms with Gasteiger partial charge < -0.3 is 9.53 Å². The fourth-order valence-electron chi connectivity index (χ4n) is 2.29. The van der Waals surface area contributed by atoms with Crippen molar-refractivity contribution in [2.45, 2.75) is 25.7 Å². The molecule has 7 heteroatoms. The molecule has 1 aliphatic heterocycles. The van der Waals surface area contributed by atoms with Crippen LogP contribution in [-0.4, -0.2) is 31.9 Å². The molecule has 1 aliphatic rings. The smallest absolute Gasteiger partial charge is 0.166 e. The number of aromatic nitrogens is 4. The molecule has 0 bridgehead atoms. The van der Waals surface area contributed by atoms with E-state index in [2.05, 4.69) is 15.0 Å². The maximum absolute atomic E-state index is 10.8.